The first-order valence-corrected chi connectivity index (χ1v) is 7.49. The maximum atomic E-state index is 12.0. The number of nitrogens with one attached hydrogen (secondary N) is 1. The van der Waals surface area contributed by atoms with Gasteiger partial charge in [-0.1, -0.05) is 11.8 Å². The molecule has 2 heterocycles. The van der Waals surface area contributed by atoms with Crippen molar-refractivity contribution in [3.05, 3.63) is 24.2 Å². The zero-order valence-corrected chi connectivity index (χ0v) is 11.3. The van der Waals surface area contributed by atoms with Crippen molar-refractivity contribution in [2.75, 3.05) is 11.6 Å². The molecule has 18 heavy (non-hydrogen) atoms. The van der Waals surface area contributed by atoms with Crippen LogP contribution in [0.5, 0.6) is 0 Å². The Bertz CT molecular complexity index is 552. The number of rotatable bonds is 4. The number of thioether (sulfide) groups is 1. The fourth-order valence-electron chi connectivity index (χ4n) is 1.84. The van der Waals surface area contributed by atoms with E-state index in [1.165, 1.54) is 23.3 Å². The second kappa shape index (κ2) is 4.74. The Morgan fingerprint density at radius 3 is 3.22 bits per heavy atom. The van der Waals surface area contributed by atoms with Gasteiger partial charge in [0.2, 0.25) is 16.2 Å². The molecule has 1 amide bonds. The van der Waals surface area contributed by atoms with Crippen LogP contribution >= 0.6 is 23.3 Å². The minimum absolute atomic E-state index is 0.000188. The average Bonchev–Trinajstić information content (AvgIpc) is 2.80. The summed E-state index contributed by atoms with van der Waals surface area (Å²) in [5.74, 6) is 1.10. The molecule has 1 N–H and O–H groups in total. The first-order chi connectivity index (χ1) is 8.78. The van der Waals surface area contributed by atoms with E-state index in [2.05, 4.69) is 14.7 Å². The number of amides is 1. The predicted octanol–water partition coefficient (Wildman–Crippen LogP) is 2.60. The third kappa shape index (κ3) is 2.28. The van der Waals surface area contributed by atoms with Crippen LogP contribution in [0.1, 0.15) is 18.1 Å². The molecule has 94 valence electrons. The maximum absolute atomic E-state index is 12.0. The summed E-state index contributed by atoms with van der Waals surface area (Å²) < 4.78 is 9.40. The van der Waals surface area contributed by atoms with E-state index in [9.17, 15) is 4.79 Å². The van der Waals surface area contributed by atoms with Crippen LogP contribution in [-0.4, -0.2) is 21.5 Å². The van der Waals surface area contributed by atoms with Gasteiger partial charge < -0.3 is 9.73 Å². The molecular weight excluding hydrogens is 270 g/mol. The second-order valence-corrected chi connectivity index (χ2v) is 5.56. The van der Waals surface area contributed by atoms with Crippen LogP contribution in [0.2, 0.25) is 0 Å². The topological polar surface area (TPSA) is 68.0 Å². The average molecular weight is 281 g/mol. The van der Waals surface area contributed by atoms with Crippen molar-refractivity contribution in [3.63, 3.8) is 0 Å². The Kier molecular flexibility index (Phi) is 3.09. The molecule has 2 aromatic heterocycles. The highest BCUT2D eigenvalue weighted by Gasteiger charge is 2.46. The lowest BCUT2D eigenvalue weighted by Gasteiger charge is -1.98. The summed E-state index contributed by atoms with van der Waals surface area (Å²) in [6, 6.07) is 3.76. The Balaban J connectivity index is 1.60. The van der Waals surface area contributed by atoms with Crippen molar-refractivity contribution in [3.8, 4) is 0 Å². The fraction of sp³-hybridized carbons (Fsp3) is 0.364. The highest BCUT2D eigenvalue weighted by molar-refractivity contribution is 7.98. The van der Waals surface area contributed by atoms with E-state index < -0.39 is 0 Å². The Morgan fingerprint density at radius 2 is 2.56 bits per heavy atom. The molecule has 0 saturated heterocycles. The van der Waals surface area contributed by atoms with Crippen molar-refractivity contribution in [2.24, 2.45) is 5.92 Å². The van der Waals surface area contributed by atoms with Gasteiger partial charge in [-0.05, 0) is 24.8 Å². The summed E-state index contributed by atoms with van der Waals surface area (Å²) >= 11 is 2.67. The molecule has 0 radical (unpaired) electrons. The summed E-state index contributed by atoms with van der Waals surface area (Å²) in [5, 5.41) is 4.05. The minimum Gasteiger partial charge on any atom is -0.469 e. The molecular formula is C11H11N3O2S2. The normalized spacial score (nSPS) is 21.8. The molecule has 0 spiro atoms. The molecule has 2 aromatic rings. The van der Waals surface area contributed by atoms with Gasteiger partial charge in [0, 0.05) is 23.4 Å². The predicted molar refractivity (Wildman–Crippen MR) is 69.9 cm³/mol. The molecule has 0 aromatic carbocycles. The Hall–Kier alpha value is -1.34. The number of furan rings is 1. The number of anilines is 1. The summed E-state index contributed by atoms with van der Waals surface area (Å²) in [4.78, 5) is 16.1. The first-order valence-electron chi connectivity index (χ1n) is 5.50. The van der Waals surface area contributed by atoms with Crippen LogP contribution < -0.4 is 5.32 Å². The van der Waals surface area contributed by atoms with Crippen molar-refractivity contribution in [1.29, 1.82) is 0 Å². The Morgan fingerprint density at radius 1 is 1.67 bits per heavy atom. The van der Waals surface area contributed by atoms with Crippen LogP contribution in [0, 0.1) is 5.92 Å². The second-order valence-electron chi connectivity index (χ2n) is 4.04. The van der Waals surface area contributed by atoms with E-state index in [-0.39, 0.29) is 17.7 Å². The van der Waals surface area contributed by atoms with Gasteiger partial charge >= 0.3 is 0 Å². The van der Waals surface area contributed by atoms with Crippen LogP contribution in [0.25, 0.3) is 0 Å². The molecule has 1 fully saturated rings. The smallest absolute Gasteiger partial charge is 0.230 e. The van der Waals surface area contributed by atoms with E-state index >= 15 is 0 Å². The Labute approximate surface area is 112 Å². The molecule has 1 aliphatic rings. The standard InChI is InChI=1S/C11H11N3O2S2/c1-17-11-13-10(18-14-11)12-9(15)7-5-6(7)8-3-2-4-16-8/h2-4,6-7H,5H2,1H3,(H,12,13,14,15)/t6-,7+/m1/s1. The van der Waals surface area contributed by atoms with Crippen molar-refractivity contribution in [2.45, 2.75) is 17.5 Å². The number of carbonyl (C=O) groups is 1. The summed E-state index contributed by atoms with van der Waals surface area (Å²) in [5.41, 5.74) is 0. The number of hydrogen-bond acceptors (Lipinski definition) is 6. The van der Waals surface area contributed by atoms with Crippen LogP contribution in [0.4, 0.5) is 5.13 Å². The molecule has 3 rings (SSSR count). The van der Waals surface area contributed by atoms with E-state index in [0.717, 1.165) is 12.2 Å². The van der Waals surface area contributed by atoms with Gasteiger partial charge in [-0.3, -0.25) is 4.79 Å². The van der Waals surface area contributed by atoms with Crippen molar-refractivity contribution >= 4 is 34.3 Å². The lowest BCUT2D eigenvalue weighted by atomic mass is 10.2. The lowest BCUT2D eigenvalue weighted by Crippen LogP contribution is -2.14. The number of hydrogen-bond donors (Lipinski definition) is 1. The molecule has 7 heteroatoms. The quantitative estimate of drug-likeness (QED) is 0.872. The zero-order valence-electron chi connectivity index (χ0n) is 9.62. The van der Waals surface area contributed by atoms with Gasteiger partial charge in [0.1, 0.15) is 5.76 Å². The van der Waals surface area contributed by atoms with Gasteiger partial charge in [0.25, 0.3) is 0 Å². The molecule has 1 saturated carbocycles. The van der Waals surface area contributed by atoms with Gasteiger partial charge in [-0.2, -0.15) is 9.36 Å². The summed E-state index contributed by atoms with van der Waals surface area (Å²) in [7, 11) is 0. The molecule has 5 nitrogen and oxygen atoms in total. The van der Waals surface area contributed by atoms with Crippen molar-refractivity contribution < 1.29 is 9.21 Å². The van der Waals surface area contributed by atoms with E-state index in [0.29, 0.717) is 10.3 Å². The van der Waals surface area contributed by atoms with Gasteiger partial charge in [0.05, 0.1) is 6.26 Å². The monoisotopic (exact) mass is 281 g/mol. The van der Waals surface area contributed by atoms with Gasteiger partial charge in [-0.15, -0.1) is 0 Å². The SMILES string of the molecule is CSc1nsc(NC(=O)[C@H]2C[C@H]2c2ccco2)n1. The third-order valence-corrected chi connectivity index (χ3v) is 4.15. The van der Waals surface area contributed by atoms with E-state index in [1.54, 1.807) is 6.26 Å². The molecule has 0 bridgehead atoms. The van der Waals surface area contributed by atoms with E-state index in [1.807, 2.05) is 18.4 Å². The molecule has 1 aliphatic carbocycles. The largest absolute Gasteiger partial charge is 0.469 e. The number of carbonyl (C=O) groups excluding carboxylic acids is 1. The fourth-order valence-corrected chi connectivity index (χ4v) is 2.97. The van der Waals surface area contributed by atoms with Crippen LogP contribution in [-0.2, 0) is 4.79 Å². The molecule has 0 unspecified atom stereocenters. The van der Waals surface area contributed by atoms with Crippen LogP contribution in [0.3, 0.4) is 0 Å². The molecule has 0 aliphatic heterocycles. The lowest BCUT2D eigenvalue weighted by molar-refractivity contribution is -0.117. The zero-order chi connectivity index (χ0) is 12.5. The highest BCUT2D eigenvalue weighted by Crippen LogP contribution is 2.48. The number of nitrogens with zero attached hydrogens (tertiary/aromatic N) is 2. The summed E-state index contributed by atoms with van der Waals surface area (Å²) in [6.07, 6.45) is 4.38. The van der Waals surface area contributed by atoms with Gasteiger partial charge in [-0.25, -0.2) is 0 Å². The molecule has 2 atom stereocenters. The third-order valence-electron chi connectivity index (χ3n) is 2.86. The van der Waals surface area contributed by atoms with Crippen molar-refractivity contribution in [1.82, 2.24) is 9.36 Å². The summed E-state index contributed by atoms with van der Waals surface area (Å²) in [6.45, 7) is 0. The first kappa shape index (κ1) is 11.7. The highest BCUT2D eigenvalue weighted by atomic mass is 32.2. The van der Waals surface area contributed by atoms with Gasteiger partial charge in [0.15, 0.2) is 0 Å². The minimum atomic E-state index is -0.00206. The van der Waals surface area contributed by atoms with E-state index in [4.69, 9.17) is 4.42 Å². The maximum Gasteiger partial charge on any atom is 0.230 e. The number of aromatic nitrogens is 2. The van der Waals surface area contributed by atoms with Crippen LogP contribution in [0.15, 0.2) is 28.0 Å².